The fraction of sp³-hybridized carbons (Fsp3) is 0.263. The summed E-state index contributed by atoms with van der Waals surface area (Å²) in [6.07, 6.45) is 0. The number of hydrogen-bond acceptors (Lipinski definition) is 3. The number of hydrogen-bond donors (Lipinski definition) is 2. The number of para-hydroxylation sites is 1. The van der Waals surface area contributed by atoms with Crippen molar-refractivity contribution in [1.82, 2.24) is 0 Å². The largest absolute Gasteiger partial charge is 0.384 e. The summed E-state index contributed by atoms with van der Waals surface area (Å²) < 4.78 is 12.9. The Morgan fingerprint density at radius 3 is 2.44 bits per heavy atom. The number of anilines is 1. The highest BCUT2D eigenvalue weighted by molar-refractivity contribution is 5.97. The number of rotatable bonds is 5. The number of carbonyl (C=O) groups is 1. The van der Waals surface area contributed by atoms with Gasteiger partial charge in [0.05, 0.1) is 0 Å². The topological polar surface area (TPSA) is 76.7 Å². The minimum atomic E-state index is -0.366. The van der Waals surface area contributed by atoms with Gasteiger partial charge in [-0.25, -0.2) is 4.39 Å². The second-order valence-corrected chi connectivity index (χ2v) is 6.60. The van der Waals surface area contributed by atoms with Gasteiger partial charge in [0, 0.05) is 11.3 Å². The molecule has 0 aliphatic carbocycles. The number of amidine groups is 1. The minimum absolute atomic E-state index is 0.0721. The number of nitrogens with zero attached hydrogens (tertiary/aromatic N) is 1. The summed E-state index contributed by atoms with van der Waals surface area (Å²) in [5, 5.41) is 6.50. The number of carbonyl (C=O) groups excluding carboxylic acids is 1. The molecule has 5 nitrogen and oxygen atoms in total. The van der Waals surface area contributed by atoms with Crippen LogP contribution in [0, 0.1) is 5.82 Å². The Morgan fingerprint density at radius 1 is 1.16 bits per heavy atom. The summed E-state index contributed by atoms with van der Waals surface area (Å²) in [6, 6.07) is 13.1. The maximum Gasteiger partial charge on any atom is 0.265 e. The van der Waals surface area contributed by atoms with Gasteiger partial charge in [-0.15, -0.1) is 0 Å². The van der Waals surface area contributed by atoms with Crippen molar-refractivity contribution in [1.29, 1.82) is 0 Å². The Morgan fingerprint density at radius 2 is 1.80 bits per heavy atom. The van der Waals surface area contributed by atoms with E-state index < -0.39 is 0 Å². The first-order valence-corrected chi connectivity index (χ1v) is 7.88. The molecule has 2 rings (SSSR count). The lowest BCUT2D eigenvalue weighted by Gasteiger charge is -2.22. The summed E-state index contributed by atoms with van der Waals surface area (Å²) in [5.41, 5.74) is 7.91. The molecule has 0 unspecified atom stereocenters. The van der Waals surface area contributed by atoms with Crippen molar-refractivity contribution in [2.75, 3.05) is 11.9 Å². The van der Waals surface area contributed by atoms with E-state index in [1.807, 2.05) is 24.3 Å². The van der Waals surface area contributed by atoms with E-state index in [9.17, 15) is 9.18 Å². The van der Waals surface area contributed by atoms with Gasteiger partial charge in [0.25, 0.3) is 5.91 Å². The fourth-order valence-electron chi connectivity index (χ4n) is 2.27. The molecule has 0 atom stereocenters. The van der Waals surface area contributed by atoms with Gasteiger partial charge in [0.15, 0.2) is 12.4 Å². The molecule has 0 aliphatic heterocycles. The van der Waals surface area contributed by atoms with Gasteiger partial charge in [-0.1, -0.05) is 44.1 Å². The molecule has 0 fully saturated rings. The van der Waals surface area contributed by atoms with Gasteiger partial charge in [0.2, 0.25) is 0 Å². The van der Waals surface area contributed by atoms with E-state index in [4.69, 9.17) is 10.6 Å². The summed E-state index contributed by atoms with van der Waals surface area (Å²) >= 11 is 0. The molecule has 3 N–H and O–H groups in total. The van der Waals surface area contributed by atoms with Crippen LogP contribution < -0.4 is 11.1 Å². The standard InChI is InChI=1S/C19H22FN3O2/c1-19(2,3)15-6-4-5-7-16(15)22-17(24)12-25-23-18(21)13-8-10-14(20)11-9-13/h4-11H,12H2,1-3H3,(H2,21,23)(H,22,24). The van der Waals surface area contributed by atoms with E-state index in [0.29, 0.717) is 5.56 Å². The van der Waals surface area contributed by atoms with Gasteiger partial charge in [-0.2, -0.15) is 0 Å². The first-order valence-electron chi connectivity index (χ1n) is 7.88. The van der Waals surface area contributed by atoms with Crippen LogP contribution in [-0.4, -0.2) is 18.3 Å². The zero-order chi connectivity index (χ0) is 18.4. The molecule has 132 valence electrons. The summed E-state index contributed by atoms with van der Waals surface area (Å²) in [4.78, 5) is 17.1. The average molecular weight is 343 g/mol. The van der Waals surface area contributed by atoms with E-state index >= 15 is 0 Å². The lowest BCUT2D eigenvalue weighted by atomic mass is 9.86. The van der Waals surface area contributed by atoms with Crippen LogP contribution >= 0.6 is 0 Å². The van der Waals surface area contributed by atoms with Gasteiger partial charge in [-0.05, 0) is 41.3 Å². The average Bonchev–Trinajstić information content (AvgIpc) is 2.55. The second kappa shape index (κ2) is 7.79. The summed E-state index contributed by atoms with van der Waals surface area (Å²) in [6.45, 7) is 5.94. The smallest absolute Gasteiger partial charge is 0.265 e. The van der Waals surface area contributed by atoms with E-state index in [1.54, 1.807) is 0 Å². The molecule has 0 aromatic heterocycles. The highest BCUT2D eigenvalue weighted by Crippen LogP contribution is 2.29. The molecule has 0 radical (unpaired) electrons. The van der Waals surface area contributed by atoms with Crippen LogP contribution in [-0.2, 0) is 15.0 Å². The van der Waals surface area contributed by atoms with Gasteiger partial charge >= 0.3 is 0 Å². The number of benzene rings is 2. The van der Waals surface area contributed by atoms with Crippen molar-refractivity contribution in [3.8, 4) is 0 Å². The normalized spacial score (nSPS) is 11.9. The molecule has 0 bridgehead atoms. The zero-order valence-corrected chi connectivity index (χ0v) is 14.5. The van der Waals surface area contributed by atoms with Crippen LogP contribution in [0.3, 0.4) is 0 Å². The molecule has 0 aliphatic rings. The molecule has 1 amide bonds. The van der Waals surface area contributed by atoms with Crippen LogP contribution in [0.4, 0.5) is 10.1 Å². The monoisotopic (exact) mass is 343 g/mol. The lowest BCUT2D eigenvalue weighted by Crippen LogP contribution is -2.22. The Bertz CT molecular complexity index is 765. The van der Waals surface area contributed by atoms with E-state index in [2.05, 4.69) is 31.2 Å². The summed E-state index contributed by atoms with van der Waals surface area (Å²) in [7, 11) is 0. The van der Waals surface area contributed by atoms with Gasteiger partial charge in [-0.3, -0.25) is 4.79 Å². The fourth-order valence-corrected chi connectivity index (χ4v) is 2.27. The molecule has 0 heterocycles. The number of nitrogens with one attached hydrogen (secondary N) is 1. The van der Waals surface area contributed by atoms with Crippen LogP contribution in [0.5, 0.6) is 0 Å². The number of oxime groups is 1. The number of halogens is 1. The van der Waals surface area contributed by atoms with Crippen LogP contribution in [0.15, 0.2) is 53.7 Å². The number of nitrogens with two attached hydrogens (primary N) is 1. The first-order chi connectivity index (χ1) is 11.8. The Labute approximate surface area is 146 Å². The molecular weight excluding hydrogens is 321 g/mol. The van der Waals surface area contributed by atoms with Crippen LogP contribution in [0.1, 0.15) is 31.9 Å². The molecule has 2 aromatic rings. The molecule has 0 spiro atoms. The highest BCUT2D eigenvalue weighted by atomic mass is 19.1. The van der Waals surface area contributed by atoms with Crippen molar-refractivity contribution < 1.29 is 14.0 Å². The Hall–Kier alpha value is -2.89. The van der Waals surface area contributed by atoms with Crippen molar-refractivity contribution in [2.45, 2.75) is 26.2 Å². The third-order valence-corrected chi connectivity index (χ3v) is 3.51. The van der Waals surface area contributed by atoms with E-state index in [1.165, 1.54) is 24.3 Å². The van der Waals surface area contributed by atoms with E-state index in [0.717, 1.165) is 11.3 Å². The highest BCUT2D eigenvalue weighted by Gasteiger charge is 2.18. The number of amides is 1. The maximum absolute atomic E-state index is 12.9. The molecule has 0 saturated heterocycles. The van der Waals surface area contributed by atoms with Crippen molar-refractivity contribution in [2.24, 2.45) is 10.9 Å². The van der Waals surface area contributed by atoms with Crippen LogP contribution in [0.25, 0.3) is 0 Å². The molecule has 6 heteroatoms. The van der Waals surface area contributed by atoms with Crippen molar-refractivity contribution in [3.63, 3.8) is 0 Å². The molecule has 25 heavy (non-hydrogen) atoms. The minimum Gasteiger partial charge on any atom is -0.384 e. The quantitative estimate of drug-likeness (QED) is 0.496. The predicted molar refractivity (Wildman–Crippen MR) is 96.8 cm³/mol. The zero-order valence-electron chi connectivity index (χ0n) is 14.5. The maximum atomic E-state index is 12.9. The lowest BCUT2D eigenvalue weighted by molar-refractivity contribution is -0.120. The predicted octanol–water partition coefficient (Wildman–Crippen LogP) is 3.40. The van der Waals surface area contributed by atoms with Crippen molar-refractivity contribution in [3.05, 3.63) is 65.5 Å². The Balaban J connectivity index is 1.95. The molecule has 2 aromatic carbocycles. The Kier molecular flexibility index (Phi) is 5.75. The SMILES string of the molecule is CC(C)(C)c1ccccc1NC(=O)CO/N=C(\N)c1ccc(F)cc1. The summed E-state index contributed by atoms with van der Waals surface area (Å²) in [5.74, 6) is -0.635. The molecule has 0 saturated carbocycles. The van der Waals surface area contributed by atoms with E-state index in [-0.39, 0.29) is 29.6 Å². The third-order valence-electron chi connectivity index (χ3n) is 3.51. The second-order valence-electron chi connectivity index (χ2n) is 6.60. The molecular formula is C19H22FN3O2. The van der Waals surface area contributed by atoms with Gasteiger partial charge < -0.3 is 15.9 Å². The van der Waals surface area contributed by atoms with Crippen LogP contribution in [0.2, 0.25) is 0 Å². The van der Waals surface area contributed by atoms with Crippen molar-refractivity contribution >= 4 is 17.4 Å². The first kappa shape index (κ1) is 18.4. The van der Waals surface area contributed by atoms with Gasteiger partial charge in [0.1, 0.15) is 5.82 Å². The third kappa shape index (κ3) is 5.31.